The molecule has 0 aliphatic rings. The molecule has 0 unspecified atom stereocenters. The minimum atomic E-state index is -0.908. The number of hydrogen-bond donors (Lipinski definition) is 1. The van der Waals surface area contributed by atoms with Gasteiger partial charge in [-0.15, -0.1) is 0 Å². The first-order valence-corrected chi connectivity index (χ1v) is 7.84. The molecule has 0 bridgehead atoms. The number of amides is 1. The van der Waals surface area contributed by atoms with Crippen molar-refractivity contribution in [2.45, 2.75) is 20.0 Å². The van der Waals surface area contributed by atoms with Gasteiger partial charge in [0.05, 0.1) is 0 Å². The van der Waals surface area contributed by atoms with Gasteiger partial charge in [-0.1, -0.05) is 35.9 Å². The lowest BCUT2D eigenvalue weighted by atomic mass is 10.1. The molecule has 1 amide bonds. The molecule has 0 saturated heterocycles. The van der Waals surface area contributed by atoms with Crippen LogP contribution in [0.5, 0.6) is 0 Å². The molecule has 0 saturated carbocycles. The van der Waals surface area contributed by atoms with Crippen molar-refractivity contribution in [1.29, 1.82) is 0 Å². The highest BCUT2D eigenvalue weighted by molar-refractivity contribution is 6.30. The Morgan fingerprint density at radius 2 is 1.79 bits per heavy atom. The molecule has 24 heavy (non-hydrogen) atoms. The average molecular weight is 344 g/mol. The molecule has 0 aliphatic heterocycles. The number of aryl methyl sites for hydroxylation is 1. The summed E-state index contributed by atoms with van der Waals surface area (Å²) < 4.78 is 5.11. The normalized spacial score (nSPS) is 12.0. The molecule has 0 aliphatic carbocycles. The summed E-state index contributed by atoms with van der Waals surface area (Å²) in [5, 5.41) is 3.24. The summed E-state index contributed by atoms with van der Waals surface area (Å²) in [6, 6.07) is 14.3. The van der Waals surface area contributed by atoms with Crippen LogP contribution in [-0.2, 0) is 14.3 Å². The van der Waals surface area contributed by atoms with Gasteiger partial charge in [-0.3, -0.25) is 4.79 Å². The first-order valence-electron chi connectivity index (χ1n) is 7.46. The summed E-state index contributed by atoms with van der Waals surface area (Å²) in [4.78, 5) is 23.8. The monoisotopic (exact) mass is 343 g/mol. The standard InChI is InChI=1S/C19H18ClNO3/c1-13-5-3-4-6-15(13)7-12-18(22)24-14(2)19(23)21-17-10-8-16(20)9-11-17/h3-12,14H,1-2H3,(H,21,23)/b12-7+/t14-/m1/s1. The Balaban J connectivity index is 1.90. The van der Waals surface area contributed by atoms with Gasteiger partial charge < -0.3 is 10.1 Å². The zero-order valence-corrected chi connectivity index (χ0v) is 14.2. The highest BCUT2D eigenvalue weighted by Crippen LogP contribution is 2.14. The lowest BCUT2D eigenvalue weighted by Crippen LogP contribution is -2.29. The average Bonchev–Trinajstić information content (AvgIpc) is 2.56. The largest absolute Gasteiger partial charge is 0.449 e. The summed E-state index contributed by atoms with van der Waals surface area (Å²) in [6.45, 7) is 3.47. The summed E-state index contributed by atoms with van der Waals surface area (Å²) in [7, 11) is 0. The highest BCUT2D eigenvalue weighted by atomic mass is 35.5. The number of hydrogen-bond acceptors (Lipinski definition) is 3. The van der Waals surface area contributed by atoms with Gasteiger partial charge in [0, 0.05) is 16.8 Å². The van der Waals surface area contributed by atoms with Crippen LogP contribution in [0.4, 0.5) is 5.69 Å². The number of benzene rings is 2. The van der Waals surface area contributed by atoms with E-state index in [2.05, 4.69) is 5.32 Å². The molecule has 4 nitrogen and oxygen atoms in total. The van der Waals surface area contributed by atoms with Crippen LogP contribution in [0.15, 0.2) is 54.6 Å². The van der Waals surface area contributed by atoms with Crippen molar-refractivity contribution in [2.75, 3.05) is 5.32 Å². The second-order valence-corrected chi connectivity index (χ2v) is 5.70. The molecule has 0 radical (unpaired) electrons. The maximum atomic E-state index is 12.0. The molecule has 1 N–H and O–H groups in total. The first kappa shape index (κ1) is 17.8. The molecule has 2 aromatic carbocycles. The van der Waals surface area contributed by atoms with Crippen LogP contribution in [0.25, 0.3) is 6.08 Å². The summed E-state index contributed by atoms with van der Waals surface area (Å²) in [5.41, 5.74) is 2.56. The lowest BCUT2D eigenvalue weighted by Gasteiger charge is -2.12. The van der Waals surface area contributed by atoms with Crippen LogP contribution in [0.3, 0.4) is 0 Å². The second kappa shape index (κ2) is 8.31. The molecule has 0 aromatic heterocycles. The zero-order valence-electron chi connectivity index (χ0n) is 13.5. The molecule has 0 fully saturated rings. The van der Waals surface area contributed by atoms with E-state index in [0.29, 0.717) is 10.7 Å². The predicted octanol–water partition coefficient (Wildman–Crippen LogP) is 4.23. The van der Waals surface area contributed by atoms with Crippen molar-refractivity contribution in [2.24, 2.45) is 0 Å². The van der Waals surface area contributed by atoms with Crippen molar-refractivity contribution in [3.8, 4) is 0 Å². The fourth-order valence-corrected chi connectivity index (χ4v) is 2.10. The number of esters is 1. The van der Waals surface area contributed by atoms with E-state index >= 15 is 0 Å². The quantitative estimate of drug-likeness (QED) is 0.652. The van der Waals surface area contributed by atoms with Crippen molar-refractivity contribution < 1.29 is 14.3 Å². The van der Waals surface area contributed by atoms with Crippen LogP contribution >= 0.6 is 11.6 Å². The Kier molecular flexibility index (Phi) is 6.15. The number of carbonyl (C=O) groups excluding carboxylic acids is 2. The number of rotatable bonds is 5. The van der Waals surface area contributed by atoms with Gasteiger partial charge in [0.15, 0.2) is 6.10 Å². The van der Waals surface area contributed by atoms with E-state index in [9.17, 15) is 9.59 Å². The van der Waals surface area contributed by atoms with E-state index in [1.54, 1.807) is 30.3 Å². The molecular formula is C19H18ClNO3. The van der Waals surface area contributed by atoms with E-state index in [1.165, 1.54) is 13.0 Å². The topological polar surface area (TPSA) is 55.4 Å². The van der Waals surface area contributed by atoms with E-state index in [4.69, 9.17) is 16.3 Å². The van der Waals surface area contributed by atoms with E-state index < -0.39 is 18.0 Å². The molecule has 5 heteroatoms. The Morgan fingerprint density at radius 3 is 2.46 bits per heavy atom. The highest BCUT2D eigenvalue weighted by Gasteiger charge is 2.16. The Labute approximate surface area is 146 Å². The summed E-state index contributed by atoms with van der Waals surface area (Å²) in [5.74, 6) is -0.980. The van der Waals surface area contributed by atoms with Gasteiger partial charge in [-0.05, 0) is 55.3 Å². The lowest BCUT2D eigenvalue weighted by molar-refractivity contribution is -0.148. The number of carbonyl (C=O) groups is 2. The van der Waals surface area contributed by atoms with Crippen molar-refractivity contribution in [3.63, 3.8) is 0 Å². The number of nitrogens with one attached hydrogen (secondary N) is 1. The van der Waals surface area contributed by atoms with Crippen molar-refractivity contribution in [1.82, 2.24) is 0 Å². The Hall–Kier alpha value is -2.59. The molecule has 1 atom stereocenters. The Bertz CT molecular complexity index is 753. The van der Waals surface area contributed by atoms with Crippen LogP contribution in [0.1, 0.15) is 18.1 Å². The fraction of sp³-hybridized carbons (Fsp3) is 0.158. The minimum absolute atomic E-state index is 0.407. The van der Waals surface area contributed by atoms with E-state index in [-0.39, 0.29) is 0 Å². The molecule has 2 rings (SSSR count). The number of anilines is 1. The predicted molar refractivity (Wildman–Crippen MR) is 95.8 cm³/mol. The SMILES string of the molecule is Cc1ccccc1/C=C/C(=O)O[C@H](C)C(=O)Nc1ccc(Cl)cc1. The molecule has 0 spiro atoms. The number of halogens is 1. The molecule has 124 valence electrons. The second-order valence-electron chi connectivity index (χ2n) is 5.27. The van der Waals surface area contributed by atoms with Gasteiger partial charge in [-0.25, -0.2) is 4.79 Å². The van der Waals surface area contributed by atoms with Crippen LogP contribution in [0, 0.1) is 6.92 Å². The molecular weight excluding hydrogens is 326 g/mol. The summed E-state index contributed by atoms with van der Waals surface area (Å²) >= 11 is 5.79. The van der Waals surface area contributed by atoms with E-state index in [0.717, 1.165) is 11.1 Å². The fourth-order valence-electron chi connectivity index (χ4n) is 1.98. The van der Waals surface area contributed by atoms with Crippen molar-refractivity contribution in [3.05, 3.63) is 70.8 Å². The summed E-state index contributed by atoms with van der Waals surface area (Å²) in [6.07, 6.45) is 2.07. The van der Waals surface area contributed by atoms with Gasteiger partial charge in [0.1, 0.15) is 0 Å². The number of ether oxygens (including phenoxy) is 1. The Morgan fingerprint density at radius 1 is 1.12 bits per heavy atom. The maximum absolute atomic E-state index is 12.0. The van der Waals surface area contributed by atoms with E-state index in [1.807, 2.05) is 31.2 Å². The molecule has 2 aromatic rings. The third-order valence-electron chi connectivity index (χ3n) is 3.36. The van der Waals surface area contributed by atoms with Crippen LogP contribution in [-0.4, -0.2) is 18.0 Å². The van der Waals surface area contributed by atoms with Gasteiger partial charge >= 0.3 is 5.97 Å². The smallest absolute Gasteiger partial charge is 0.331 e. The maximum Gasteiger partial charge on any atom is 0.331 e. The van der Waals surface area contributed by atoms with Crippen molar-refractivity contribution >= 4 is 35.2 Å². The third kappa shape index (κ3) is 5.25. The molecule has 0 heterocycles. The van der Waals surface area contributed by atoms with Gasteiger partial charge in [0.25, 0.3) is 5.91 Å². The zero-order chi connectivity index (χ0) is 17.5. The van der Waals surface area contributed by atoms with Gasteiger partial charge in [-0.2, -0.15) is 0 Å². The third-order valence-corrected chi connectivity index (χ3v) is 3.61. The first-order chi connectivity index (χ1) is 11.5. The van der Waals surface area contributed by atoms with Crippen LogP contribution < -0.4 is 5.32 Å². The van der Waals surface area contributed by atoms with Crippen LogP contribution in [0.2, 0.25) is 5.02 Å². The van der Waals surface area contributed by atoms with Gasteiger partial charge in [0.2, 0.25) is 0 Å². The minimum Gasteiger partial charge on any atom is -0.449 e.